The van der Waals surface area contributed by atoms with Gasteiger partial charge in [0.25, 0.3) is 0 Å². The highest BCUT2D eigenvalue weighted by atomic mass is 16.5. The highest BCUT2D eigenvalue weighted by molar-refractivity contribution is 6.15. The summed E-state index contributed by atoms with van der Waals surface area (Å²) in [6.45, 7) is 13.3. The van der Waals surface area contributed by atoms with Gasteiger partial charge in [0.05, 0.1) is 0 Å². The van der Waals surface area contributed by atoms with Crippen LogP contribution in [-0.4, -0.2) is 18.1 Å². The topological polar surface area (TPSA) is 38.5 Å². The van der Waals surface area contributed by atoms with E-state index in [0.717, 1.165) is 63.2 Å². The van der Waals surface area contributed by atoms with Gasteiger partial charge >= 0.3 is 0 Å². The van der Waals surface area contributed by atoms with Gasteiger partial charge in [0.1, 0.15) is 17.0 Å². The average molecular weight is 519 g/mol. The maximum absolute atomic E-state index is 6.55. The number of hydrogen-bond donors (Lipinski definition) is 0. The summed E-state index contributed by atoms with van der Waals surface area (Å²) in [5.41, 5.74) is 7.53. The first kappa shape index (κ1) is 25.5. The Balaban J connectivity index is 1.44. The van der Waals surface area contributed by atoms with Crippen molar-refractivity contribution < 1.29 is 9.15 Å². The Kier molecular flexibility index (Phi) is 6.58. The largest absolute Gasteiger partial charge is 0.456 e. The van der Waals surface area contributed by atoms with Crippen molar-refractivity contribution in [3.05, 3.63) is 72.3 Å². The first-order chi connectivity index (χ1) is 18.9. The molecule has 5 aromatic rings. The number of oxazole rings is 1. The van der Waals surface area contributed by atoms with Gasteiger partial charge in [-0.1, -0.05) is 71.7 Å². The first-order valence-corrected chi connectivity index (χ1v) is 14.4. The zero-order valence-corrected chi connectivity index (χ0v) is 23.8. The van der Waals surface area contributed by atoms with E-state index in [9.17, 15) is 0 Å². The molecule has 6 rings (SSSR count). The molecule has 0 N–H and O–H groups in total. The summed E-state index contributed by atoms with van der Waals surface area (Å²) in [6, 6.07) is 23.6. The molecule has 1 aromatic heterocycles. The van der Waals surface area contributed by atoms with Gasteiger partial charge in [0.15, 0.2) is 5.58 Å². The lowest BCUT2D eigenvalue weighted by molar-refractivity contribution is 0.487. The van der Waals surface area contributed by atoms with Crippen molar-refractivity contribution in [2.75, 3.05) is 18.0 Å². The van der Waals surface area contributed by atoms with Crippen molar-refractivity contribution in [2.24, 2.45) is 0 Å². The number of hydrogen-bond acceptors (Lipinski definition) is 4. The van der Waals surface area contributed by atoms with E-state index in [2.05, 4.69) is 106 Å². The Morgan fingerprint density at radius 3 is 2.23 bits per heavy atom. The Hall–Kier alpha value is -3.79. The predicted octanol–water partition coefficient (Wildman–Crippen LogP) is 10.1. The van der Waals surface area contributed by atoms with Crippen LogP contribution >= 0.6 is 0 Å². The third-order valence-electron chi connectivity index (χ3n) is 7.88. The van der Waals surface area contributed by atoms with Gasteiger partial charge in [-0.3, -0.25) is 0 Å². The number of nitrogens with zero attached hydrogens (tertiary/aromatic N) is 2. The number of fused-ring (bicyclic) bond motifs is 4. The molecule has 0 aliphatic carbocycles. The van der Waals surface area contributed by atoms with Crippen molar-refractivity contribution in [2.45, 2.75) is 65.7 Å². The molecule has 0 spiro atoms. The van der Waals surface area contributed by atoms with E-state index >= 15 is 0 Å². The van der Waals surface area contributed by atoms with Crippen LogP contribution in [-0.2, 0) is 5.41 Å². The van der Waals surface area contributed by atoms with Crippen molar-refractivity contribution >= 4 is 27.6 Å². The second-order valence-electron chi connectivity index (χ2n) is 11.8. The van der Waals surface area contributed by atoms with E-state index in [1.807, 2.05) is 0 Å². The lowest BCUT2D eigenvalue weighted by Crippen LogP contribution is -2.25. The molecular weight excluding hydrogens is 480 g/mol. The minimum atomic E-state index is 0.104. The van der Waals surface area contributed by atoms with Crippen molar-refractivity contribution in [3.8, 4) is 34.1 Å². The van der Waals surface area contributed by atoms with Crippen LogP contribution in [0.3, 0.4) is 0 Å². The van der Waals surface area contributed by atoms with Crippen LogP contribution in [0.2, 0.25) is 0 Å². The molecule has 2 heterocycles. The van der Waals surface area contributed by atoms with Crippen LogP contribution in [0.15, 0.2) is 71.1 Å². The summed E-state index contributed by atoms with van der Waals surface area (Å²) in [7, 11) is 0. The summed E-state index contributed by atoms with van der Waals surface area (Å²) in [6.07, 6.45) is 4.76. The molecule has 200 valence electrons. The van der Waals surface area contributed by atoms with E-state index in [4.69, 9.17) is 14.1 Å². The molecule has 0 radical (unpaired) electrons. The smallest absolute Gasteiger partial charge is 0.227 e. The quantitative estimate of drug-likeness (QED) is 0.201. The van der Waals surface area contributed by atoms with Crippen LogP contribution in [0.4, 0.5) is 5.69 Å². The number of unbranched alkanes of at least 4 members (excludes halogenated alkanes) is 2. The number of anilines is 1. The van der Waals surface area contributed by atoms with Crippen molar-refractivity contribution in [1.29, 1.82) is 0 Å². The van der Waals surface area contributed by atoms with E-state index in [1.165, 1.54) is 36.9 Å². The number of ether oxygens (including phenoxy) is 1. The summed E-state index contributed by atoms with van der Waals surface area (Å²) >= 11 is 0. The number of rotatable bonds is 8. The summed E-state index contributed by atoms with van der Waals surface area (Å²) in [5.74, 6) is 2.43. The van der Waals surface area contributed by atoms with E-state index in [0.29, 0.717) is 5.89 Å². The van der Waals surface area contributed by atoms with Crippen LogP contribution < -0.4 is 9.64 Å². The molecule has 39 heavy (non-hydrogen) atoms. The fraction of sp³-hybridized carbons (Fsp3) is 0.343. The van der Waals surface area contributed by atoms with Crippen LogP contribution in [0.1, 0.15) is 65.9 Å². The minimum Gasteiger partial charge on any atom is -0.456 e. The van der Waals surface area contributed by atoms with Crippen molar-refractivity contribution in [3.63, 3.8) is 0 Å². The molecule has 4 aromatic carbocycles. The molecule has 1 aliphatic heterocycles. The van der Waals surface area contributed by atoms with Crippen LogP contribution in [0.5, 0.6) is 11.5 Å². The van der Waals surface area contributed by atoms with E-state index in [1.54, 1.807) is 0 Å². The Labute approximate surface area is 231 Å². The van der Waals surface area contributed by atoms with Gasteiger partial charge in [0.2, 0.25) is 5.89 Å². The molecule has 0 unspecified atom stereocenters. The zero-order chi connectivity index (χ0) is 27.1. The summed E-state index contributed by atoms with van der Waals surface area (Å²) < 4.78 is 12.9. The standard InChI is InChI=1S/C35H38N2O2/c1-6-8-19-37(20-9-7-2)25-17-18-26-28-22-31-33(27-11-10-12-29(32(27)28)38-30(26)21-25)36-34(39-31)23-13-15-24(16-14-23)35(3,4)5/h10-18,21-22H,6-9,19-20H2,1-5H3. The van der Waals surface area contributed by atoms with Crippen LogP contribution in [0, 0.1) is 0 Å². The zero-order valence-electron chi connectivity index (χ0n) is 23.8. The van der Waals surface area contributed by atoms with Gasteiger partial charge in [-0.25, -0.2) is 4.98 Å². The molecule has 0 saturated heterocycles. The van der Waals surface area contributed by atoms with Crippen LogP contribution in [0.25, 0.3) is 44.5 Å². The SMILES string of the molecule is CCCCN(CCCC)c1ccc2c(c1)Oc1cccc3c1c-2cc1oc(-c2ccc(C(C)(C)C)cc2)nc13. The summed E-state index contributed by atoms with van der Waals surface area (Å²) in [4.78, 5) is 7.47. The lowest BCUT2D eigenvalue weighted by Gasteiger charge is -2.27. The monoisotopic (exact) mass is 518 g/mol. The molecular formula is C35H38N2O2. The second kappa shape index (κ2) is 10.1. The highest BCUT2D eigenvalue weighted by Gasteiger charge is 2.25. The molecule has 0 atom stereocenters. The van der Waals surface area contributed by atoms with Gasteiger partial charge in [0, 0.05) is 52.3 Å². The fourth-order valence-electron chi connectivity index (χ4n) is 5.57. The van der Waals surface area contributed by atoms with Gasteiger partial charge in [-0.15, -0.1) is 0 Å². The lowest BCUT2D eigenvalue weighted by atomic mass is 9.87. The highest BCUT2D eigenvalue weighted by Crippen LogP contribution is 2.49. The minimum absolute atomic E-state index is 0.104. The molecule has 1 aliphatic rings. The normalized spacial score (nSPS) is 12.5. The van der Waals surface area contributed by atoms with E-state index < -0.39 is 0 Å². The van der Waals surface area contributed by atoms with Gasteiger partial charge in [-0.05, 0) is 60.2 Å². The summed E-state index contributed by atoms with van der Waals surface area (Å²) in [5, 5.41) is 2.16. The van der Waals surface area contributed by atoms with Crippen molar-refractivity contribution in [1.82, 2.24) is 4.98 Å². The third-order valence-corrected chi connectivity index (χ3v) is 7.88. The predicted molar refractivity (Wildman–Crippen MR) is 163 cm³/mol. The Bertz CT molecular complexity index is 1630. The molecule has 0 amide bonds. The Morgan fingerprint density at radius 1 is 0.795 bits per heavy atom. The Morgan fingerprint density at radius 2 is 1.54 bits per heavy atom. The average Bonchev–Trinajstić information content (AvgIpc) is 3.37. The molecule has 0 bridgehead atoms. The number of aromatic nitrogens is 1. The molecule has 4 heteroatoms. The second-order valence-corrected chi connectivity index (χ2v) is 11.8. The van der Waals surface area contributed by atoms with Gasteiger partial charge in [-0.2, -0.15) is 0 Å². The van der Waals surface area contributed by atoms with Gasteiger partial charge < -0.3 is 14.1 Å². The maximum Gasteiger partial charge on any atom is 0.227 e. The fourth-order valence-corrected chi connectivity index (χ4v) is 5.57. The van der Waals surface area contributed by atoms with E-state index in [-0.39, 0.29) is 5.41 Å². The molecule has 0 saturated carbocycles. The molecule has 4 nitrogen and oxygen atoms in total. The number of benzene rings is 4. The maximum atomic E-state index is 6.55. The molecule has 0 fully saturated rings. The third kappa shape index (κ3) is 4.67. The first-order valence-electron chi connectivity index (χ1n) is 14.4.